The third-order valence-corrected chi connectivity index (χ3v) is 4.71. The van der Waals surface area contributed by atoms with Gasteiger partial charge in [-0.2, -0.15) is 0 Å². The first-order chi connectivity index (χ1) is 14.1. The number of aliphatic imine (C=N–C) groups is 1. The van der Waals surface area contributed by atoms with Gasteiger partial charge >= 0.3 is 0 Å². The van der Waals surface area contributed by atoms with E-state index in [2.05, 4.69) is 25.9 Å². The minimum absolute atomic E-state index is 0.0571. The van der Waals surface area contributed by atoms with Crippen molar-refractivity contribution in [2.75, 3.05) is 0 Å². The number of hydrogen-bond acceptors (Lipinski definition) is 5. The molecule has 7 heteroatoms. The van der Waals surface area contributed by atoms with Crippen molar-refractivity contribution in [2.24, 2.45) is 4.99 Å². The summed E-state index contributed by atoms with van der Waals surface area (Å²) in [6, 6.07) is 19.8. The maximum absolute atomic E-state index is 11.0. The summed E-state index contributed by atoms with van der Waals surface area (Å²) in [5.41, 5.74) is 3.57. The molecule has 0 radical (unpaired) electrons. The highest BCUT2D eigenvalue weighted by Crippen LogP contribution is 2.28. The van der Waals surface area contributed by atoms with E-state index in [1.807, 2.05) is 42.5 Å². The van der Waals surface area contributed by atoms with E-state index in [9.17, 15) is 10.1 Å². The van der Waals surface area contributed by atoms with Gasteiger partial charge in [-0.15, -0.1) is 0 Å². The van der Waals surface area contributed by atoms with Gasteiger partial charge in [-0.25, -0.2) is 4.98 Å². The van der Waals surface area contributed by atoms with Crippen molar-refractivity contribution in [2.45, 2.75) is 0 Å². The maximum Gasteiger partial charge on any atom is 0.276 e. The van der Waals surface area contributed by atoms with E-state index in [0.717, 1.165) is 10.0 Å². The van der Waals surface area contributed by atoms with Crippen molar-refractivity contribution < 1.29 is 9.34 Å². The number of fused-ring (bicyclic) bond motifs is 1. The minimum atomic E-state index is -0.404. The molecule has 4 rings (SSSR count). The summed E-state index contributed by atoms with van der Waals surface area (Å²) in [5, 5.41) is 11.0. The molecule has 0 unspecified atom stereocenters. The van der Waals surface area contributed by atoms with Crippen LogP contribution in [0.5, 0.6) is 0 Å². The SMILES string of the molecule is O=[N+]([O-])c1ccccc1/C=C/C=Nc1ccc2oc(-c3ccc(Br)cc3)nc2c1. The molecule has 0 amide bonds. The zero-order valence-electron chi connectivity index (χ0n) is 15.0. The van der Waals surface area contributed by atoms with E-state index in [1.54, 1.807) is 36.6 Å². The summed E-state index contributed by atoms with van der Waals surface area (Å²) < 4.78 is 6.80. The van der Waals surface area contributed by atoms with Gasteiger partial charge in [0.05, 0.1) is 16.2 Å². The number of nitro groups is 1. The Hall–Kier alpha value is -3.58. The second-order valence-electron chi connectivity index (χ2n) is 6.13. The zero-order valence-corrected chi connectivity index (χ0v) is 16.6. The Morgan fingerprint density at radius 3 is 2.66 bits per heavy atom. The lowest BCUT2D eigenvalue weighted by atomic mass is 10.1. The molecule has 142 valence electrons. The molecule has 0 spiro atoms. The molecule has 0 aliphatic carbocycles. The van der Waals surface area contributed by atoms with Gasteiger partial charge in [-0.1, -0.05) is 28.1 Å². The Morgan fingerprint density at radius 1 is 1.07 bits per heavy atom. The van der Waals surface area contributed by atoms with Gasteiger partial charge in [0.25, 0.3) is 5.69 Å². The standard InChI is InChI=1S/C22H14BrN3O3/c23-17-9-7-16(8-10-17)22-25-19-14-18(11-12-21(19)29-22)24-13-3-5-15-4-1-2-6-20(15)26(27)28/h1-14H/b5-3+,24-13?. The van der Waals surface area contributed by atoms with Crippen LogP contribution >= 0.6 is 15.9 Å². The van der Waals surface area contributed by atoms with Gasteiger partial charge in [0.2, 0.25) is 5.89 Å². The summed E-state index contributed by atoms with van der Waals surface area (Å²) in [6.45, 7) is 0. The van der Waals surface area contributed by atoms with E-state index in [-0.39, 0.29) is 5.69 Å². The normalized spacial score (nSPS) is 11.6. The predicted octanol–water partition coefficient (Wildman–Crippen LogP) is 6.58. The Labute approximate surface area is 174 Å². The van der Waals surface area contributed by atoms with Crippen molar-refractivity contribution >= 4 is 50.7 Å². The van der Waals surface area contributed by atoms with Crippen LogP contribution in [0.15, 0.2) is 86.7 Å². The van der Waals surface area contributed by atoms with E-state index in [0.29, 0.717) is 28.2 Å². The smallest absolute Gasteiger partial charge is 0.276 e. The van der Waals surface area contributed by atoms with E-state index in [1.165, 1.54) is 6.07 Å². The van der Waals surface area contributed by atoms with Crippen LogP contribution in [-0.4, -0.2) is 16.1 Å². The lowest BCUT2D eigenvalue weighted by Gasteiger charge is -1.95. The molecule has 3 aromatic carbocycles. The first-order valence-electron chi connectivity index (χ1n) is 8.71. The first-order valence-corrected chi connectivity index (χ1v) is 9.50. The Morgan fingerprint density at radius 2 is 1.86 bits per heavy atom. The highest BCUT2D eigenvalue weighted by atomic mass is 79.9. The van der Waals surface area contributed by atoms with Crippen LogP contribution in [0.25, 0.3) is 28.6 Å². The van der Waals surface area contributed by atoms with E-state index >= 15 is 0 Å². The number of nitro benzene ring substituents is 1. The molecule has 1 aromatic heterocycles. The molecule has 0 aliphatic rings. The number of para-hydroxylation sites is 1. The van der Waals surface area contributed by atoms with Gasteiger partial charge in [0, 0.05) is 22.3 Å². The Kier molecular flexibility index (Phi) is 5.31. The third-order valence-electron chi connectivity index (χ3n) is 4.18. The highest BCUT2D eigenvalue weighted by molar-refractivity contribution is 9.10. The fourth-order valence-electron chi connectivity index (χ4n) is 2.78. The van der Waals surface area contributed by atoms with Crippen LogP contribution in [0.3, 0.4) is 0 Å². The first kappa shape index (κ1) is 18.8. The number of benzene rings is 3. The van der Waals surface area contributed by atoms with Crippen molar-refractivity contribution in [1.82, 2.24) is 4.98 Å². The van der Waals surface area contributed by atoms with Crippen molar-refractivity contribution in [3.8, 4) is 11.5 Å². The van der Waals surface area contributed by atoms with Gasteiger partial charge in [0.1, 0.15) is 5.52 Å². The molecule has 29 heavy (non-hydrogen) atoms. The fraction of sp³-hybridized carbons (Fsp3) is 0. The number of rotatable bonds is 5. The molecule has 4 aromatic rings. The van der Waals surface area contributed by atoms with Gasteiger partial charge in [0.15, 0.2) is 5.58 Å². The summed E-state index contributed by atoms with van der Waals surface area (Å²) in [6.07, 6.45) is 4.91. The predicted molar refractivity (Wildman–Crippen MR) is 117 cm³/mol. The average molecular weight is 448 g/mol. The maximum atomic E-state index is 11.0. The lowest BCUT2D eigenvalue weighted by molar-refractivity contribution is -0.385. The average Bonchev–Trinajstić information content (AvgIpc) is 3.15. The summed E-state index contributed by atoms with van der Waals surface area (Å²) in [5.74, 6) is 0.546. The van der Waals surface area contributed by atoms with E-state index < -0.39 is 4.92 Å². The molecule has 0 saturated carbocycles. The van der Waals surface area contributed by atoms with Crippen LogP contribution in [0, 0.1) is 10.1 Å². The number of aromatic nitrogens is 1. The molecule has 0 aliphatic heterocycles. The molecule has 0 N–H and O–H groups in total. The van der Waals surface area contributed by atoms with Gasteiger partial charge < -0.3 is 4.42 Å². The Balaban J connectivity index is 1.54. The van der Waals surface area contributed by atoms with Crippen molar-refractivity contribution in [3.63, 3.8) is 0 Å². The topological polar surface area (TPSA) is 81.5 Å². The minimum Gasteiger partial charge on any atom is -0.436 e. The van der Waals surface area contributed by atoms with Crippen molar-refractivity contribution in [3.05, 3.63) is 93.0 Å². The molecule has 6 nitrogen and oxygen atoms in total. The quantitative estimate of drug-likeness (QED) is 0.196. The fourth-order valence-corrected chi connectivity index (χ4v) is 3.05. The number of oxazole rings is 1. The summed E-state index contributed by atoms with van der Waals surface area (Å²) in [4.78, 5) is 19.5. The number of halogens is 1. The molecular weight excluding hydrogens is 434 g/mol. The van der Waals surface area contributed by atoms with Gasteiger partial charge in [-0.05, 0) is 60.7 Å². The van der Waals surface area contributed by atoms with Gasteiger partial charge in [-0.3, -0.25) is 15.1 Å². The number of hydrogen-bond donors (Lipinski definition) is 0. The molecule has 0 bridgehead atoms. The van der Waals surface area contributed by atoms with E-state index in [4.69, 9.17) is 4.42 Å². The monoisotopic (exact) mass is 447 g/mol. The second-order valence-corrected chi connectivity index (χ2v) is 7.05. The molecule has 0 fully saturated rings. The molecule has 0 atom stereocenters. The second kappa shape index (κ2) is 8.20. The molecular formula is C22H14BrN3O3. The largest absolute Gasteiger partial charge is 0.436 e. The van der Waals surface area contributed by atoms with Crippen LogP contribution in [-0.2, 0) is 0 Å². The van der Waals surface area contributed by atoms with Crippen LogP contribution in [0.2, 0.25) is 0 Å². The highest BCUT2D eigenvalue weighted by Gasteiger charge is 2.09. The van der Waals surface area contributed by atoms with Crippen LogP contribution in [0.1, 0.15) is 5.56 Å². The van der Waals surface area contributed by atoms with Crippen molar-refractivity contribution in [1.29, 1.82) is 0 Å². The van der Waals surface area contributed by atoms with Crippen LogP contribution < -0.4 is 0 Å². The zero-order chi connectivity index (χ0) is 20.2. The van der Waals surface area contributed by atoms with Crippen LogP contribution in [0.4, 0.5) is 11.4 Å². The summed E-state index contributed by atoms with van der Waals surface area (Å²) >= 11 is 3.41. The molecule has 1 heterocycles. The third kappa shape index (κ3) is 4.30. The summed E-state index contributed by atoms with van der Waals surface area (Å²) in [7, 11) is 0. The number of nitrogens with zero attached hydrogens (tertiary/aromatic N) is 3. The Bertz CT molecular complexity index is 1240. The molecule has 0 saturated heterocycles. The lowest BCUT2D eigenvalue weighted by Crippen LogP contribution is -1.90. The number of allylic oxidation sites excluding steroid dienone is 1.